The Balaban J connectivity index is 1.27. The molecule has 30 heavy (non-hydrogen) atoms. The van der Waals surface area contributed by atoms with Crippen LogP contribution in [0.4, 0.5) is 5.69 Å². The van der Waals surface area contributed by atoms with Crippen LogP contribution >= 0.6 is 0 Å². The zero-order valence-electron chi connectivity index (χ0n) is 17.5. The summed E-state index contributed by atoms with van der Waals surface area (Å²) in [6.07, 6.45) is 1.19. The van der Waals surface area contributed by atoms with E-state index in [1.165, 1.54) is 23.2 Å². The van der Waals surface area contributed by atoms with Crippen LogP contribution in [0.5, 0.6) is 0 Å². The van der Waals surface area contributed by atoms with E-state index in [0.29, 0.717) is 0 Å². The second-order valence-corrected chi connectivity index (χ2v) is 8.21. The molecule has 0 amide bonds. The van der Waals surface area contributed by atoms with Gasteiger partial charge >= 0.3 is 0 Å². The maximum Gasteiger partial charge on any atom is 0.138 e. The van der Waals surface area contributed by atoms with Gasteiger partial charge in [-0.2, -0.15) is 0 Å². The Hall–Kier alpha value is -3.11. The topological polar surface area (TPSA) is 35.2 Å². The second-order valence-electron chi connectivity index (χ2n) is 8.21. The number of fused-ring (bicyclic) bond motifs is 1. The number of hydrogen-bond acceptors (Lipinski definition) is 3. The molecular weight excluding hydrogens is 368 g/mol. The van der Waals surface area contributed by atoms with E-state index in [-0.39, 0.29) is 0 Å². The normalized spacial score (nSPS) is 15.4. The number of benzene rings is 3. The second kappa shape index (κ2) is 8.33. The molecule has 1 aliphatic rings. The molecule has 4 heteroatoms. The highest BCUT2D eigenvalue weighted by molar-refractivity contribution is 5.82. The van der Waals surface area contributed by atoms with Crippen LogP contribution in [-0.4, -0.2) is 41.0 Å². The van der Waals surface area contributed by atoms with Crippen molar-refractivity contribution < 1.29 is 0 Å². The number of rotatable bonds is 4. The van der Waals surface area contributed by atoms with Crippen molar-refractivity contribution in [3.8, 4) is 11.4 Å². The molecule has 4 aromatic rings. The quantitative estimate of drug-likeness (QED) is 0.512. The van der Waals surface area contributed by atoms with Crippen LogP contribution in [0.2, 0.25) is 0 Å². The minimum Gasteiger partial charge on any atom is -0.370 e. The molecule has 0 aliphatic carbocycles. The molecule has 1 aliphatic heterocycles. The first-order chi connectivity index (χ1) is 14.8. The van der Waals surface area contributed by atoms with Crippen LogP contribution < -0.4 is 4.90 Å². The zero-order chi connectivity index (χ0) is 20.3. The van der Waals surface area contributed by atoms with E-state index in [9.17, 15) is 0 Å². The van der Waals surface area contributed by atoms with E-state index in [2.05, 4.69) is 94.5 Å². The molecule has 1 saturated heterocycles. The van der Waals surface area contributed by atoms with Gasteiger partial charge in [-0.3, -0.25) is 4.90 Å². The number of para-hydroxylation sites is 1. The highest BCUT2D eigenvalue weighted by atomic mass is 15.2. The maximum atomic E-state index is 4.81. The van der Waals surface area contributed by atoms with Gasteiger partial charge in [0, 0.05) is 44.0 Å². The molecule has 152 valence electrons. The maximum absolute atomic E-state index is 4.81. The van der Waals surface area contributed by atoms with Crippen LogP contribution in [0.3, 0.4) is 0 Å². The van der Waals surface area contributed by atoms with Crippen molar-refractivity contribution in [3.63, 3.8) is 0 Å². The number of H-pyrrole nitrogens is 1. The lowest BCUT2D eigenvalue weighted by Gasteiger charge is -2.24. The molecular formula is C26H28N4. The minimum absolute atomic E-state index is 0.941. The number of hydrogen-bond donors (Lipinski definition) is 1. The molecule has 5 rings (SSSR count). The van der Waals surface area contributed by atoms with Crippen molar-refractivity contribution in [3.05, 3.63) is 83.9 Å². The highest BCUT2D eigenvalue weighted by Crippen LogP contribution is 2.25. The predicted octanol–water partition coefficient (Wildman–Crippen LogP) is 5.25. The Labute approximate surface area is 178 Å². The van der Waals surface area contributed by atoms with E-state index < -0.39 is 0 Å². The predicted molar refractivity (Wildman–Crippen MR) is 125 cm³/mol. The molecule has 0 atom stereocenters. The SMILES string of the molecule is Cc1cccc2[nH]c(-c3ccc(N4CCCN(Cc5ccccc5)CC4)cc3)nc12. The molecule has 1 aromatic heterocycles. The summed E-state index contributed by atoms with van der Waals surface area (Å²) in [7, 11) is 0. The lowest BCUT2D eigenvalue weighted by Crippen LogP contribution is -2.30. The summed E-state index contributed by atoms with van der Waals surface area (Å²) in [5, 5.41) is 0. The summed E-state index contributed by atoms with van der Waals surface area (Å²) in [4.78, 5) is 13.4. The van der Waals surface area contributed by atoms with Crippen LogP contribution in [0.1, 0.15) is 17.5 Å². The van der Waals surface area contributed by atoms with Crippen molar-refractivity contribution >= 4 is 16.7 Å². The number of nitrogens with one attached hydrogen (secondary N) is 1. The van der Waals surface area contributed by atoms with Gasteiger partial charge in [0.2, 0.25) is 0 Å². The molecule has 1 N–H and O–H groups in total. The summed E-state index contributed by atoms with van der Waals surface area (Å²) in [6.45, 7) is 7.57. The Bertz CT molecular complexity index is 1110. The molecule has 1 fully saturated rings. The highest BCUT2D eigenvalue weighted by Gasteiger charge is 2.16. The van der Waals surface area contributed by atoms with Crippen LogP contribution in [-0.2, 0) is 6.54 Å². The fraction of sp³-hybridized carbons (Fsp3) is 0.269. The first-order valence-electron chi connectivity index (χ1n) is 10.8. The number of aromatic amines is 1. The van der Waals surface area contributed by atoms with Gasteiger partial charge in [0.25, 0.3) is 0 Å². The molecule has 0 radical (unpaired) electrons. The number of nitrogens with zero attached hydrogens (tertiary/aromatic N) is 3. The van der Waals surface area contributed by atoms with Gasteiger partial charge in [0.1, 0.15) is 5.82 Å². The first-order valence-corrected chi connectivity index (χ1v) is 10.8. The molecule has 0 spiro atoms. The Kier molecular flexibility index (Phi) is 5.24. The summed E-state index contributed by atoms with van der Waals surface area (Å²) >= 11 is 0. The van der Waals surface area contributed by atoms with Crippen molar-refractivity contribution in [1.82, 2.24) is 14.9 Å². The van der Waals surface area contributed by atoms with E-state index in [4.69, 9.17) is 4.98 Å². The van der Waals surface area contributed by atoms with Crippen molar-refractivity contribution in [2.45, 2.75) is 19.9 Å². The molecule has 2 heterocycles. The lowest BCUT2D eigenvalue weighted by atomic mass is 10.2. The average molecular weight is 397 g/mol. The number of anilines is 1. The van der Waals surface area contributed by atoms with E-state index in [0.717, 1.165) is 55.1 Å². The van der Waals surface area contributed by atoms with Gasteiger partial charge in [-0.05, 0) is 54.8 Å². The van der Waals surface area contributed by atoms with Crippen LogP contribution in [0.25, 0.3) is 22.4 Å². The van der Waals surface area contributed by atoms with Crippen LogP contribution in [0, 0.1) is 6.92 Å². The smallest absolute Gasteiger partial charge is 0.138 e. The van der Waals surface area contributed by atoms with Gasteiger partial charge in [-0.25, -0.2) is 4.98 Å². The van der Waals surface area contributed by atoms with Gasteiger partial charge in [0.05, 0.1) is 11.0 Å². The standard InChI is InChI=1S/C26H28N4/c1-20-7-5-10-24-25(20)28-26(27-24)22-11-13-23(14-12-22)30-16-6-15-29(17-18-30)19-21-8-3-2-4-9-21/h2-5,7-14H,6,15-19H2,1H3,(H,27,28). The monoisotopic (exact) mass is 396 g/mol. The fourth-order valence-electron chi connectivity index (χ4n) is 4.37. The van der Waals surface area contributed by atoms with Crippen molar-refractivity contribution in [1.29, 1.82) is 0 Å². The van der Waals surface area contributed by atoms with E-state index >= 15 is 0 Å². The zero-order valence-corrected chi connectivity index (χ0v) is 17.5. The van der Waals surface area contributed by atoms with Crippen molar-refractivity contribution in [2.75, 3.05) is 31.1 Å². The fourth-order valence-corrected chi connectivity index (χ4v) is 4.37. The molecule has 0 bridgehead atoms. The third-order valence-electron chi connectivity index (χ3n) is 6.06. The van der Waals surface area contributed by atoms with Gasteiger partial charge in [-0.1, -0.05) is 42.5 Å². The number of aryl methyl sites for hydroxylation is 1. The number of imidazole rings is 1. The molecule has 4 nitrogen and oxygen atoms in total. The van der Waals surface area contributed by atoms with Gasteiger partial charge in [-0.15, -0.1) is 0 Å². The lowest BCUT2D eigenvalue weighted by molar-refractivity contribution is 0.285. The van der Waals surface area contributed by atoms with Crippen LogP contribution in [0.15, 0.2) is 72.8 Å². The Morgan fingerprint density at radius 1 is 0.833 bits per heavy atom. The third kappa shape index (κ3) is 3.96. The largest absolute Gasteiger partial charge is 0.370 e. The van der Waals surface area contributed by atoms with E-state index in [1.807, 2.05) is 0 Å². The minimum atomic E-state index is 0.941. The average Bonchev–Trinajstić information content (AvgIpc) is 3.09. The molecule has 3 aromatic carbocycles. The van der Waals surface area contributed by atoms with E-state index in [1.54, 1.807) is 0 Å². The van der Waals surface area contributed by atoms with Gasteiger partial charge in [0.15, 0.2) is 0 Å². The third-order valence-corrected chi connectivity index (χ3v) is 6.06. The first kappa shape index (κ1) is 18.9. The summed E-state index contributed by atoms with van der Waals surface area (Å²) in [6, 6.07) is 25.9. The summed E-state index contributed by atoms with van der Waals surface area (Å²) in [5.74, 6) is 0.941. The Morgan fingerprint density at radius 2 is 1.67 bits per heavy atom. The summed E-state index contributed by atoms with van der Waals surface area (Å²) < 4.78 is 0. The molecule has 0 unspecified atom stereocenters. The van der Waals surface area contributed by atoms with Crippen molar-refractivity contribution in [2.24, 2.45) is 0 Å². The molecule has 0 saturated carbocycles. The number of aromatic nitrogens is 2. The summed E-state index contributed by atoms with van der Waals surface area (Å²) in [5.41, 5.74) is 7.19. The van der Waals surface area contributed by atoms with Gasteiger partial charge < -0.3 is 9.88 Å². The Morgan fingerprint density at radius 3 is 2.47 bits per heavy atom.